The number of aromatic nitrogens is 4. The maximum Gasteiger partial charge on any atom is 0.246 e. The topological polar surface area (TPSA) is 63.9 Å². The molecule has 0 unspecified atom stereocenters. The van der Waals surface area contributed by atoms with Crippen LogP contribution in [0.15, 0.2) is 60.7 Å². The summed E-state index contributed by atoms with van der Waals surface area (Å²) < 4.78 is 1.77. The summed E-state index contributed by atoms with van der Waals surface area (Å²) in [4.78, 5) is 27.9. The lowest BCUT2D eigenvalue weighted by Crippen LogP contribution is -2.30. The molecule has 140 valence electrons. The van der Waals surface area contributed by atoms with Crippen molar-refractivity contribution in [2.45, 2.75) is 13.5 Å². The fraction of sp³-hybridized carbons (Fsp3) is 0.143. The molecule has 4 rings (SSSR count). The molecule has 0 saturated heterocycles. The number of benzene rings is 2. The number of amides is 1. The van der Waals surface area contributed by atoms with Gasteiger partial charge in [-0.1, -0.05) is 60.1 Å². The molecule has 2 heterocycles. The highest BCUT2D eigenvalue weighted by Crippen LogP contribution is 2.25. The van der Waals surface area contributed by atoms with Crippen LogP contribution in [0, 0.1) is 6.92 Å². The molecule has 0 atom stereocenters. The predicted octanol–water partition coefficient (Wildman–Crippen LogP) is 4.12. The molecule has 0 saturated carbocycles. The maximum absolute atomic E-state index is 12.8. The molecule has 0 bridgehead atoms. The zero-order valence-electron chi connectivity index (χ0n) is 15.5. The number of rotatable bonds is 4. The summed E-state index contributed by atoms with van der Waals surface area (Å²) in [6.45, 7) is 1.94. The molecule has 28 heavy (non-hydrogen) atoms. The van der Waals surface area contributed by atoms with E-state index in [-0.39, 0.29) is 17.6 Å². The van der Waals surface area contributed by atoms with Crippen molar-refractivity contribution in [2.24, 2.45) is 0 Å². The molecule has 6 nitrogen and oxygen atoms in total. The zero-order chi connectivity index (χ0) is 19.7. The second-order valence-electron chi connectivity index (χ2n) is 6.41. The number of imidazole rings is 1. The monoisotopic (exact) mass is 391 g/mol. The number of carbonyl (C=O) groups excluding carboxylic acids is 1. The number of hydrogen-bond donors (Lipinski definition) is 0. The third kappa shape index (κ3) is 3.34. The normalized spacial score (nSPS) is 11.0. The molecule has 0 radical (unpaired) electrons. The van der Waals surface area contributed by atoms with Crippen LogP contribution in [0.1, 0.15) is 5.82 Å². The van der Waals surface area contributed by atoms with Crippen molar-refractivity contribution in [2.75, 3.05) is 11.9 Å². The quantitative estimate of drug-likeness (QED) is 0.491. The van der Waals surface area contributed by atoms with E-state index in [0.29, 0.717) is 22.8 Å². The van der Waals surface area contributed by atoms with Crippen LogP contribution in [0.4, 0.5) is 5.69 Å². The van der Waals surface area contributed by atoms with Crippen molar-refractivity contribution < 1.29 is 4.79 Å². The van der Waals surface area contributed by atoms with E-state index in [1.807, 2.05) is 67.6 Å². The number of hydrogen-bond acceptors (Lipinski definition) is 4. The number of nitrogens with zero attached hydrogens (tertiary/aromatic N) is 5. The smallest absolute Gasteiger partial charge is 0.246 e. The van der Waals surface area contributed by atoms with Gasteiger partial charge in [-0.3, -0.25) is 4.79 Å². The number of anilines is 1. The first kappa shape index (κ1) is 18.1. The van der Waals surface area contributed by atoms with Gasteiger partial charge in [0.15, 0.2) is 16.6 Å². The predicted molar refractivity (Wildman–Crippen MR) is 110 cm³/mol. The fourth-order valence-corrected chi connectivity index (χ4v) is 3.23. The van der Waals surface area contributed by atoms with Gasteiger partial charge in [-0.25, -0.2) is 15.0 Å². The van der Waals surface area contributed by atoms with Crippen molar-refractivity contribution in [1.29, 1.82) is 0 Å². The van der Waals surface area contributed by atoms with Gasteiger partial charge in [-0.2, -0.15) is 0 Å². The highest BCUT2D eigenvalue weighted by Gasteiger charge is 2.19. The van der Waals surface area contributed by atoms with Gasteiger partial charge in [0.05, 0.1) is 0 Å². The third-order valence-corrected chi connectivity index (χ3v) is 4.85. The Bertz CT molecular complexity index is 1140. The van der Waals surface area contributed by atoms with E-state index in [0.717, 1.165) is 11.3 Å². The zero-order valence-corrected chi connectivity index (χ0v) is 16.3. The molecule has 0 spiro atoms. The Morgan fingerprint density at radius 2 is 1.64 bits per heavy atom. The molecular weight excluding hydrogens is 374 g/mol. The SMILES string of the molecule is Cc1nc2c(Cl)nc(-c3ccccc3)nc2n1CC(=O)N(C)c1ccccc1. The largest absolute Gasteiger partial charge is 0.314 e. The lowest BCUT2D eigenvalue weighted by atomic mass is 10.2. The highest BCUT2D eigenvalue weighted by atomic mass is 35.5. The summed E-state index contributed by atoms with van der Waals surface area (Å²) in [5.41, 5.74) is 2.72. The van der Waals surface area contributed by atoms with E-state index >= 15 is 0 Å². The van der Waals surface area contributed by atoms with Gasteiger partial charge in [0.1, 0.15) is 17.9 Å². The summed E-state index contributed by atoms with van der Waals surface area (Å²) in [5.74, 6) is 1.08. The molecule has 7 heteroatoms. The standard InChI is InChI=1S/C21H18ClN5O/c1-14-23-18-19(22)24-20(15-9-5-3-6-10-15)25-21(18)27(14)13-17(28)26(2)16-11-7-4-8-12-16/h3-12H,13H2,1-2H3. The van der Waals surface area contributed by atoms with E-state index in [1.54, 1.807) is 16.5 Å². The number of aryl methyl sites for hydroxylation is 1. The maximum atomic E-state index is 12.8. The second kappa shape index (κ2) is 7.40. The van der Waals surface area contributed by atoms with E-state index in [2.05, 4.69) is 15.0 Å². The van der Waals surface area contributed by atoms with Crippen LogP contribution in [0.5, 0.6) is 0 Å². The van der Waals surface area contributed by atoms with Crippen LogP contribution < -0.4 is 4.90 Å². The van der Waals surface area contributed by atoms with Crippen LogP contribution >= 0.6 is 11.6 Å². The molecule has 0 aliphatic carbocycles. The minimum Gasteiger partial charge on any atom is -0.314 e. The Morgan fingerprint density at radius 1 is 1.00 bits per heavy atom. The van der Waals surface area contributed by atoms with Gasteiger partial charge in [0, 0.05) is 18.3 Å². The van der Waals surface area contributed by atoms with Gasteiger partial charge >= 0.3 is 0 Å². The summed E-state index contributed by atoms with van der Waals surface area (Å²) >= 11 is 6.37. The van der Waals surface area contributed by atoms with Crippen molar-refractivity contribution in [3.05, 3.63) is 71.6 Å². The first-order chi connectivity index (χ1) is 13.5. The molecule has 1 amide bonds. The van der Waals surface area contributed by atoms with Gasteiger partial charge in [0.2, 0.25) is 5.91 Å². The first-order valence-corrected chi connectivity index (χ1v) is 9.20. The summed E-state index contributed by atoms with van der Waals surface area (Å²) in [5, 5.41) is 0.273. The van der Waals surface area contributed by atoms with E-state index < -0.39 is 0 Å². The third-order valence-electron chi connectivity index (χ3n) is 4.59. The van der Waals surface area contributed by atoms with Crippen LogP contribution in [0.3, 0.4) is 0 Å². The summed E-state index contributed by atoms with van der Waals surface area (Å²) in [7, 11) is 1.75. The molecule has 0 aliphatic rings. The number of halogens is 1. The fourth-order valence-electron chi connectivity index (χ4n) is 3.02. The molecule has 0 aliphatic heterocycles. The van der Waals surface area contributed by atoms with Crippen molar-refractivity contribution in [1.82, 2.24) is 19.5 Å². The molecule has 4 aromatic rings. The average molecular weight is 392 g/mol. The van der Waals surface area contributed by atoms with Crippen LogP contribution in [-0.2, 0) is 11.3 Å². The van der Waals surface area contributed by atoms with E-state index in [1.165, 1.54) is 0 Å². The Balaban J connectivity index is 1.73. The number of carbonyl (C=O) groups is 1. The minimum absolute atomic E-state index is 0.0791. The Morgan fingerprint density at radius 3 is 2.32 bits per heavy atom. The minimum atomic E-state index is -0.0791. The van der Waals surface area contributed by atoms with Crippen molar-refractivity contribution in [3.63, 3.8) is 0 Å². The summed E-state index contributed by atoms with van der Waals surface area (Å²) in [6.07, 6.45) is 0. The summed E-state index contributed by atoms with van der Waals surface area (Å²) in [6, 6.07) is 19.1. The Kier molecular flexibility index (Phi) is 4.79. The van der Waals surface area contributed by atoms with Crippen LogP contribution in [-0.4, -0.2) is 32.5 Å². The molecule has 0 fully saturated rings. The number of para-hydroxylation sites is 1. The first-order valence-electron chi connectivity index (χ1n) is 8.82. The molecular formula is C21H18ClN5O. The lowest BCUT2D eigenvalue weighted by Gasteiger charge is -2.18. The van der Waals surface area contributed by atoms with Crippen molar-refractivity contribution in [3.8, 4) is 11.4 Å². The molecule has 2 aromatic heterocycles. The van der Waals surface area contributed by atoms with Gasteiger partial charge in [-0.05, 0) is 19.1 Å². The second-order valence-corrected chi connectivity index (χ2v) is 6.77. The van der Waals surface area contributed by atoms with E-state index in [4.69, 9.17) is 11.6 Å². The number of fused-ring (bicyclic) bond motifs is 1. The highest BCUT2D eigenvalue weighted by molar-refractivity contribution is 6.33. The lowest BCUT2D eigenvalue weighted by molar-refractivity contribution is -0.118. The van der Waals surface area contributed by atoms with Crippen molar-refractivity contribution >= 4 is 34.4 Å². The van der Waals surface area contributed by atoms with E-state index in [9.17, 15) is 4.79 Å². The molecule has 2 aromatic carbocycles. The Labute approximate surface area is 167 Å². The Hall–Kier alpha value is -3.25. The van der Waals surface area contributed by atoms with Crippen LogP contribution in [0.25, 0.3) is 22.6 Å². The molecule has 0 N–H and O–H groups in total. The average Bonchev–Trinajstić information content (AvgIpc) is 3.04. The van der Waals surface area contributed by atoms with Crippen LogP contribution in [0.2, 0.25) is 5.15 Å². The number of likely N-dealkylation sites (N-methyl/N-ethyl adjacent to an activating group) is 1. The van der Waals surface area contributed by atoms with Gasteiger partial charge in [0.25, 0.3) is 0 Å². The van der Waals surface area contributed by atoms with Gasteiger partial charge < -0.3 is 9.47 Å². The van der Waals surface area contributed by atoms with Gasteiger partial charge in [-0.15, -0.1) is 0 Å².